The number of amides is 1. The van der Waals surface area contributed by atoms with Crippen LogP contribution < -0.4 is 5.32 Å². The normalized spacial score (nSPS) is 11.3. The maximum atomic E-state index is 12.2. The maximum absolute atomic E-state index is 12.2. The van der Waals surface area contributed by atoms with Crippen LogP contribution in [0.15, 0.2) is 42.5 Å². The van der Waals surface area contributed by atoms with E-state index in [1.54, 1.807) is 30.3 Å². The smallest absolute Gasteiger partial charge is 0.239 e. The van der Waals surface area contributed by atoms with Gasteiger partial charge in [0.05, 0.1) is 5.75 Å². The molecule has 0 saturated carbocycles. The van der Waals surface area contributed by atoms with Crippen molar-refractivity contribution in [3.8, 4) is 0 Å². The molecule has 0 saturated heterocycles. The standard InChI is InChI=1S/C17H17Cl2NO3S/c1-2-12-6-8-13(9-7-12)20-17(21)11-24(22,23)10-14-15(18)4-3-5-16(14)19/h3-9H,2,10-11H2,1H3,(H,20,21). The van der Waals surface area contributed by atoms with E-state index in [2.05, 4.69) is 5.32 Å². The van der Waals surface area contributed by atoms with Gasteiger partial charge in [-0.2, -0.15) is 0 Å². The highest BCUT2D eigenvalue weighted by atomic mass is 35.5. The summed E-state index contributed by atoms with van der Waals surface area (Å²) in [7, 11) is -3.69. The number of aryl methyl sites for hydroxylation is 1. The maximum Gasteiger partial charge on any atom is 0.239 e. The van der Waals surface area contributed by atoms with E-state index in [1.165, 1.54) is 0 Å². The second-order valence-electron chi connectivity index (χ2n) is 5.33. The van der Waals surface area contributed by atoms with Gasteiger partial charge >= 0.3 is 0 Å². The molecule has 0 atom stereocenters. The van der Waals surface area contributed by atoms with Crippen LogP contribution in [0.4, 0.5) is 5.69 Å². The molecule has 0 aliphatic heterocycles. The number of hydrogen-bond acceptors (Lipinski definition) is 3. The van der Waals surface area contributed by atoms with Gasteiger partial charge in [-0.15, -0.1) is 0 Å². The molecule has 0 aliphatic rings. The van der Waals surface area contributed by atoms with Crippen molar-refractivity contribution in [2.75, 3.05) is 11.1 Å². The van der Waals surface area contributed by atoms with Crippen LogP contribution in [-0.4, -0.2) is 20.1 Å². The Bertz CT molecular complexity index is 813. The predicted molar refractivity (Wildman–Crippen MR) is 98.4 cm³/mol. The number of halogens is 2. The first-order chi connectivity index (χ1) is 11.3. The molecule has 0 aromatic heterocycles. The molecule has 24 heavy (non-hydrogen) atoms. The minimum atomic E-state index is -3.69. The molecule has 0 fully saturated rings. The van der Waals surface area contributed by atoms with E-state index in [4.69, 9.17) is 23.2 Å². The molecule has 0 unspecified atom stereocenters. The van der Waals surface area contributed by atoms with E-state index in [-0.39, 0.29) is 15.8 Å². The molecule has 4 nitrogen and oxygen atoms in total. The monoisotopic (exact) mass is 385 g/mol. The Morgan fingerprint density at radius 1 is 1.04 bits per heavy atom. The molecule has 0 bridgehead atoms. The minimum absolute atomic E-state index is 0.265. The summed E-state index contributed by atoms with van der Waals surface area (Å²) in [5, 5.41) is 3.11. The van der Waals surface area contributed by atoms with Crippen molar-refractivity contribution < 1.29 is 13.2 Å². The molecule has 2 aromatic rings. The molecular formula is C17H17Cl2NO3S. The van der Waals surface area contributed by atoms with Crippen molar-refractivity contribution >= 4 is 44.6 Å². The summed E-state index contributed by atoms with van der Waals surface area (Å²) in [6.45, 7) is 2.03. The van der Waals surface area contributed by atoms with Gasteiger partial charge in [0.15, 0.2) is 9.84 Å². The zero-order valence-electron chi connectivity index (χ0n) is 13.1. The van der Waals surface area contributed by atoms with Crippen molar-refractivity contribution in [2.45, 2.75) is 19.1 Å². The fourth-order valence-corrected chi connectivity index (χ4v) is 4.18. The van der Waals surface area contributed by atoms with E-state index < -0.39 is 21.5 Å². The van der Waals surface area contributed by atoms with Crippen molar-refractivity contribution in [1.82, 2.24) is 0 Å². The van der Waals surface area contributed by atoms with E-state index in [1.807, 2.05) is 19.1 Å². The molecule has 1 amide bonds. The summed E-state index contributed by atoms with van der Waals surface area (Å²) in [6.07, 6.45) is 0.890. The molecule has 7 heteroatoms. The van der Waals surface area contributed by atoms with Gasteiger partial charge in [-0.25, -0.2) is 8.42 Å². The van der Waals surface area contributed by atoms with Gasteiger partial charge in [0.25, 0.3) is 0 Å². The van der Waals surface area contributed by atoms with Crippen LogP contribution in [0.2, 0.25) is 10.0 Å². The van der Waals surface area contributed by atoms with Crippen molar-refractivity contribution in [1.29, 1.82) is 0 Å². The Balaban J connectivity index is 2.04. The molecule has 0 radical (unpaired) electrons. The number of anilines is 1. The summed E-state index contributed by atoms with van der Waals surface area (Å²) in [5.41, 5.74) is 2.00. The Kier molecular flexibility index (Phi) is 6.27. The molecule has 0 spiro atoms. The third kappa shape index (κ3) is 5.23. The number of nitrogens with one attached hydrogen (secondary N) is 1. The van der Waals surface area contributed by atoms with Crippen LogP contribution in [0.25, 0.3) is 0 Å². The summed E-state index contributed by atoms with van der Waals surface area (Å²) in [6, 6.07) is 12.0. The first-order valence-corrected chi connectivity index (χ1v) is 9.90. The lowest BCUT2D eigenvalue weighted by atomic mass is 10.1. The van der Waals surface area contributed by atoms with Crippen molar-refractivity contribution in [3.63, 3.8) is 0 Å². The Hall–Kier alpha value is -1.56. The van der Waals surface area contributed by atoms with Gasteiger partial charge in [0, 0.05) is 21.3 Å². The fraction of sp³-hybridized carbons (Fsp3) is 0.235. The van der Waals surface area contributed by atoms with E-state index >= 15 is 0 Å². The van der Waals surface area contributed by atoms with Crippen molar-refractivity contribution in [3.05, 3.63) is 63.6 Å². The van der Waals surface area contributed by atoms with Gasteiger partial charge in [-0.05, 0) is 36.2 Å². The van der Waals surface area contributed by atoms with Gasteiger partial charge in [0.1, 0.15) is 5.75 Å². The highest BCUT2D eigenvalue weighted by Crippen LogP contribution is 2.26. The largest absolute Gasteiger partial charge is 0.325 e. The third-order valence-electron chi connectivity index (χ3n) is 3.42. The lowest BCUT2D eigenvalue weighted by molar-refractivity contribution is -0.113. The summed E-state index contributed by atoms with van der Waals surface area (Å²) in [5.74, 6) is -1.61. The molecule has 2 rings (SSSR count). The highest BCUT2D eigenvalue weighted by Gasteiger charge is 2.20. The number of carbonyl (C=O) groups is 1. The van der Waals surface area contributed by atoms with Crippen LogP contribution in [0.3, 0.4) is 0 Å². The van der Waals surface area contributed by atoms with Crippen LogP contribution in [0.1, 0.15) is 18.1 Å². The number of sulfone groups is 1. The first-order valence-electron chi connectivity index (χ1n) is 7.33. The molecule has 0 heterocycles. The lowest BCUT2D eigenvalue weighted by Gasteiger charge is -2.09. The Morgan fingerprint density at radius 2 is 1.62 bits per heavy atom. The fourth-order valence-electron chi connectivity index (χ4n) is 2.16. The molecular weight excluding hydrogens is 369 g/mol. The van der Waals surface area contributed by atoms with Crippen LogP contribution in [0, 0.1) is 0 Å². The number of rotatable bonds is 6. The summed E-state index contributed by atoms with van der Waals surface area (Å²) < 4.78 is 24.5. The van der Waals surface area contributed by atoms with E-state index in [0.29, 0.717) is 11.3 Å². The molecule has 1 N–H and O–H groups in total. The lowest BCUT2D eigenvalue weighted by Crippen LogP contribution is -2.24. The first kappa shape index (κ1) is 18.8. The van der Waals surface area contributed by atoms with Gasteiger partial charge < -0.3 is 5.32 Å². The van der Waals surface area contributed by atoms with Gasteiger partial charge in [-0.1, -0.05) is 48.3 Å². The average molecular weight is 386 g/mol. The number of hydrogen-bond donors (Lipinski definition) is 1. The van der Waals surface area contributed by atoms with Crippen LogP contribution in [0.5, 0.6) is 0 Å². The summed E-state index contributed by atoms with van der Waals surface area (Å²) in [4.78, 5) is 12.0. The second-order valence-corrected chi connectivity index (χ2v) is 8.21. The number of benzene rings is 2. The average Bonchev–Trinajstić information content (AvgIpc) is 2.51. The van der Waals surface area contributed by atoms with Crippen molar-refractivity contribution in [2.24, 2.45) is 0 Å². The molecule has 2 aromatic carbocycles. The Morgan fingerprint density at radius 3 is 2.17 bits per heavy atom. The molecule has 0 aliphatic carbocycles. The Labute approximate surface area is 151 Å². The quantitative estimate of drug-likeness (QED) is 0.813. The SMILES string of the molecule is CCc1ccc(NC(=O)CS(=O)(=O)Cc2c(Cl)cccc2Cl)cc1. The van der Waals surface area contributed by atoms with E-state index in [0.717, 1.165) is 12.0 Å². The molecule has 128 valence electrons. The zero-order valence-corrected chi connectivity index (χ0v) is 15.4. The summed E-state index contributed by atoms with van der Waals surface area (Å²) >= 11 is 12.0. The van der Waals surface area contributed by atoms with Crippen LogP contribution >= 0.6 is 23.2 Å². The predicted octanol–water partition coefficient (Wildman–Crippen LogP) is 4.11. The van der Waals surface area contributed by atoms with Gasteiger partial charge in [-0.3, -0.25) is 4.79 Å². The topological polar surface area (TPSA) is 63.2 Å². The van der Waals surface area contributed by atoms with Gasteiger partial charge in [0.2, 0.25) is 5.91 Å². The minimum Gasteiger partial charge on any atom is -0.325 e. The van der Waals surface area contributed by atoms with E-state index in [9.17, 15) is 13.2 Å². The number of carbonyl (C=O) groups excluding carboxylic acids is 1. The zero-order chi connectivity index (χ0) is 17.7. The second kappa shape index (κ2) is 8.01. The highest BCUT2D eigenvalue weighted by molar-refractivity contribution is 7.91. The third-order valence-corrected chi connectivity index (χ3v) is 5.56. The van der Waals surface area contributed by atoms with Crippen LogP contribution in [-0.2, 0) is 26.8 Å².